The molecule has 1 fully saturated rings. The maximum absolute atomic E-state index is 13.1. The van der Waals surface area contributed by atoms with Crippen LogP contribution >= 0.6 is 0 Å². The number of piperidine rings is 1. The summed E-state index contributed by atoms with van der Waals surface area (Å²) in [6, 6.07) is 16.2. The van der Waals surface area contributed by atoms with Crippen molar-refractivity contribution in [2.45, 2.75) is 45.6 Å². The Hall–Kier alpha value is -3.35. The van der Waals surface area contributed by atoms with Crippen LogP contribution < -0.4 is 5.32 Å². The lowest BCUT2D eigenvalue weighted by atomic mass is 9.86. The zero-order valence-electron chi connectivity index (χ0n) is 19.9. The first-order chi connectivity index (χ1) is 16.2. The topological polar surface area (TPSA) is 95.9 Å². The molecule has 2 amide bonds. The first kappa shape index (κ1) is 23.8. The van der Waals surface area contributed by atoms with Crippen LogP contribution in [-0.4, -0.2) is 53.7 Å². The van der Waals surface area contributed by atoms with E-state index in [0.717, 1.165) is 11.1 Å². The Morgan fingerprint density at radius 3 is 2.21 bits per heavy atom. The lowest BCUT2D eigenvalue weighted by Gasteiger charge is -2.40. The molecular weight excluding hydrogens is 432 g/mol. The van der Waals surface area contributed by atoms with Crippen LogP contribution in [0.2, 0.25) is 0 Å². The van der Waals surface area contributed by atoms with Gasteiger partial charge in [-0.15, -0.1) is 0 Å². The van der Waals surface area contributed by atoms with Crippen LogP contribution in [0.4, 0.5) is 4.79 Å². The molecule has 2 N–H and O–H groups in total. The molecule has 7 nitrogen and oxygen atoms in total. The summed E-state index contributed by atoms with van der Waals surface area (Å²) in [7, 11) is 0. The first-order valence-electron chi connectivity index (χ1n) is 11.8. The molecule has 2 aromatic carbocycles. The number of hydrogen-bond donors (Lipinski definition) is 2. The van der Waals surface area contributed by atoms with Crippen molar-refractivity contribution in [3.8, 4) is 11.1 Å². The van der Waals surface area contributed by atoms with Crippen molar-refractivity contribution in [2.75, 3.05) is 19.7 Å². The van der Waals surface area contributed by atoms with Gasteiger partial charge in [0.1, 0.15) is 6.61 Å². The number of carboxylic acids is 1. The summed E-state index contributed by atoms with van der Waals surface area (Å²) in [5.41, 5.74) is 3.78. The summed E-state index contributed by atoms with van der Waals surface area (Å²) >= 11 is 0. The van der Waals surface area contributed by atoms with Crippen LogP contribution in [-0.2, 0) is 14.3 Å². The minimum absolute atomic E-state index is 0.0239. The van der Waals surface area contributed by atoms with Crippen molar-refractivity contribution in [1.29, 1.82) is 0 Å². The number of alkyl carbamates (subject to hydrolysis) is 1. The smallest absolute Gasteiger partial charge is 0.407 e. The Labute approximate surface area is 200 Å². The number of nitrogens with zero attached hydrogens (tertiary/aromatic N) is 1. The van der Waals surface area contributed by atoms with E-state index in [2.05, 4.69) is 29.6 Å². The normalized spacial score (nSPS) is 19.8. The summed E-state index contributed by atoms with van der Waals surface area (Å²) in [4.78, 5) is 38.7. The van der Waals surface area contributed by atoms with Crippen LogP contribution in [0.25, 0.3) is 11.1 Å². The van der Waals surface area contributed by atoms with Crippen molar-refractivity contribution in [3.05, 3.63) is 59.7 Å². The van der Waals surface area contributed by atoms with Gasteiger partial charge >= 0.3 is 12.1 Å². The van der Waals surface area contributed by atoms with Crippen molar-refractivity contribution in [3.63, 3.8) is 0 Å². The Kier molecular flexibility index (Phi) is 6.64. The zero-order chi connectivity index (χ0) is 24.5. The average Bonchev–Trinajstić information content (AvgIpc) is 3.14. The maximum atomic E-state index is 13.1. The number of hydrogen-bond acceptors (Lipinski definition) is 4. The number of rotatable bonds is 6. The molecule has 4 rings (SSSR count). The highest BCUT2D eigenvalue weighted by Crippen LogP contribution is 2.44. The Morgan fingerprint density at radius 1 is 1.06 bits per heavy atom. The highest BCUT2D eigenvalue weighted by Gasteiger charge is 2.39. The predicted octanol–water partition coefficient (Wildman–Crippen LogP) is 4.26. The van der Waals surface area contributed by atoms with Gasteiger partial charge in [-0.25, -0.2) is 4.79 Å². The van der Waals surface area contributed by atoms with Crippen LogP contribution in [0.3, 0.4) is 0 Å². The van der Waals surface area contributed by atoms with Crippen molar-refractivity contribution in [1.82, 2.24) is 10.2 Å². The number of likely N-dealkylation sites (tertiary alicyclic amines) is 1. The van der Waals surface area contributed by atoms with Gasteiger partial charge in [0, 0.05) is 25.0 Å². The third kappa shape index (κ3) is 4.65. The molecule has 34 heavy (non-hydrogen) atoms. The van der Waals surface area contributed by atoms with Crippen molar-refractivity contribution >= 4 is 18.0 Å². The maximum Gasteiger partial charge on any atom is 0.407 e. The fourth-order valence-corrected chi connectivity index (χ4v) is 5.11. The van der Waals surface area contributed by atoms with E-state index in [-0.39, 0.29) is 31.0 Å². The van der Waals surface area contributed by atoms with Crippen LogP contribution in [0.1, 0.15) is 50.7 Å². The fourth-order valence-electron chi connectivity index (χ4n) is 5.11. The Bertz CT molecular complexity index is 1050. The van der Waals surface area contributed by atoms with Gasteiger partial charge in [0.05, 0.1) is 11.3 Å². The molecule has 7 heteroatoms. The minimum atomic E-state index is -0.837. The van der Waals surface area contributed by atoms with E-state index in [4.69, 9.17) is 4.74 Å². The number of aliphatic carboxylic acids is 1. The second kappa shape index (κ2) is 9.49. The van der Waals surface area contributed by atoms with Gasteiger partial charge in [0.25, 0.3) is 0 Å². The van der Waals surface area contributed by atoms with Gasteiger partial charge in [0.2, 0.25) is 5.91 Å². The Morgan fingerprint density at radius 2 is 1.65 bits per heavy atom. The summed E-state index contributed by atoms with van der Waals surface area (Å²) < 4.78 is 5.58. The largest absolute Gasteiger partial charge is 0.481 e. The first-order valence-corrected chi connectivity index (χ1v) is 11.8. The number of fused-ring (bicyclic) bond motifs is 3. The highest BCUT2D eigenvalue weighted by molar-refractivity contribution is 5.84. The number of ether oxygens (including phenoxy) is 1. The summed E-state index contributed by atoms with van der Waals surface area (Å²) in [5, 5.41) is 12.0. The highest BCUT2D eigenvalue weighted by atomic mass is 16.5. The molecule has 180 valence electrons. The fraction of sp³-hybridized carbons (Fsp3) is 0.444. The molecule has 0 bridgehead atoms. The molecule has 1 aliphatic heterocycles. The molecule has 0 unspecified atom stereocenters. The van der Waals surface area contributed by atoms with Gasteiger partial charge in [-0.2, -0.15) is 0 Å². The molecule has 2 atom stereocenters. The summed E-state index contributed by atoms with van der Waals surface area (Å²) in [6.07, 6.45) is 0.332. The lowest BCUT2D eigenvalue weighted by Crippen LogP contribution is -2.53. The van der Waals surface area contributed by atoms with Gasteiger partial charge in [-0.05, 0) is 55.9 Å². The average molecular weight is 465 g/mol. The third-order valence-electron chi connectivity index (χ3n) is 7.08. The van der Waals surface area contributed by atoms with E-state index in [1.165, 1.54) is 11.1 Å². The van der Waals surface area contributed by atoms with E-state index in [9.17, 15) is 19.5 Å². The molecule has 0 spiro atoms. The number of carboxylic acid groups (broad SMARTS) is 1. The molecule has 1 heterocycles. The quantitative estimate of drug-likeness (QED) is 0.666. The predicted molar refractivity (Wildman–Crippen MR) is 128 cm³/mol. The van der Waals surface area contributed by atoms with Crippen LogP contribution in [0.5, 0.6) is 0 Å². The number of benzene rings is 2. The van der Waals surface area contributed by atoms with Crippen LogP contribution in [0.15, 0.2) is 48.5 Å². The molecular formula is C27H32N2O5. The molecule has 2 aromatic rings. The SMILES string of the molecule is C[C@@H]1C[C@H](C(=O)O)CCN1C(=O)C(C)(C)CNC(=O)OCC1c2ccccc2-c2ccccc21. The molecule has 1 saturated heterocycles. The summed E-state index contributed by atoms with van der Waals surface area (Å²) in [5.74, 6) is -1.34. The van der Waals surface area contributed by atoms with Gasteiger partial charge in [-0.1, -0.05) is 48.5 Å². The minimum Gasteiger partial charge on any atom is -0.481 e. The number of carbonyl (C=O) groups is 3. The molecule has 0 aromatic heterocycles. The van der Waals surface area contributed by atoms with Gasteiger partial charge in [0.15, 0.2) is 0 Å². The van der Waals surface area contributed by atoms with E-state index >= 15 is 0 Å². The monoisotopic (exact) mass is 464 g/mol. The molecule has 2 aliphatic rings. The van der Waals surface area contributed by atoms with Crippen molar-refractivity contribution in [2.24, 2.45) is 11.3 Å². The second-order valence-electron chi connectivity index (χ2n) is 9.97. The lowest BCUT2D eigenvalue weighted by molar-refractivity contribution is -0.151. The number of nitrogens with one attached hydrogen (secondary N) is 1. The number of amides is 2. The van der Waals surface area contributed by atoms with E-state index in [0.29, 0.717) is 19.4 Å². The van der Waals surface area contributed by atoms with E-state index in [1.54, 1.807) is 18.7 Å². The second-order valence-corrected chi connectivity index (χ2v) is 9.97. The Balaban J connectivity index is 1.33. The third-order valence-corrected chi connectivity index (χ3v) is 7.08. The molecule has 0 saturated carbocycles. The van der Waals surface area contributed by atoms with Crippen LogP contribution in [0, 0.1) is 11.3 Å². The van der Waals surface area contributed by atoms with Gasteiger partial charge in [-0.3, -0.25) is 9.59 Å². The van der Waals surface area contributed by atoms with E-state index in [1.807, 2.05) is 31.2 Å². The van der Waals surface area contributed by atoms with E-state index < -0.39 is 23.4 Å². The standard InChI is InChI=1S/C27H32N2O5/c1-17-14-18(24(30)31)12-13-29(17)25(32)27(2,3)16-28-26(33)34-15-23-21-10-6-4-8-19(21)20-9-5-7-11-22(20)23/h4-11,17-18,23H,12-16H2,1-3H3,(H,28,33)(H,30,31)/t17-,18-/m1/s1. The summed E-state index contributed by atoms with van der Waals surface area (Å²) in [6.45, 7) is 6.21. The zero-order valence-corrected chi connectivity index (χ0v) is 19.9. The molecule has 0 radical (unpaired) electrons. The number of carbonyl (C=O) groups excluding carboxylic acids is 2. The molecule has 1 aliphatic carbocycles. The van der Waals surface area contributed by atoms with Crippen molar-refractivity contribution < 1.29 is 24.2 Å². The van der Waals surface area contributed by atoms with Gasteiger partial charge < -0.3 is 20.1 Å².